The van der Waals surface area contributed by atoms with Crippen molar-refractivity contribution in [2.75, 3.05) is 0 Å². The molecule has 0 spiro atoms. The van der Waals surface area contributed by atoms with E-state index in [-0.39, 0.29) is 5.60 Å². The Labute approximate surface area is 139 Å². The number of carbonyl (C=O) groups excluding carboxylic acids is 1. The standard InChI is InChI=1S/C20H40O2/c1-4-7-10-13-16-20(22-19-21,17-14-11-8-5-2)18-15-12-9-6-3/h19H,4-18H2,1-3H3. The highest BCUT2D eigenvalue weighted by Gasteiger charge is 2.30. The lowest BCUT2D eigenvalue weighted by Crippen LogP contribution is -2.32. The minimum absolute atomic E-state index is 0.170. The Hall–Kier alpha value is -0.530. The molecule has 0 amide bonds. The van der Waals surface area contributed by atoms with Gasteiger partial charge in [0, 0.05) is 0 Å². The summed E-state index contributed by atoms with van der Waals surface area (Å²) in [4.78, 5) is 11.1. The summed E-state index contributed by atoms with van der Waals surface area (Å²) < 4.78 is 5.69. The van der Waals surface area contributed by atoms with Gasteiger partial charge in [-0.3, -0.25) is 4.79 Å². The number of hydrogen-bond acceptors (Lipinski definition) is 2. The van der Waals surface area contributed by atoms with E-state index in [0.717, 1.165) is 19.3 Å². The molecule has 0 aliphatic carbocycles. The summed E-state index contributed by atoms with van der Waals surface area (Å²) in [7, 11) is 0. The van der Waals surface area contributed by atoms with Crippen LogP contribution in [-0.4, -0.2) is 12.1 Å². The molecule has 0 aromatic heterocycles. The molecule has 2 heteroatoms. The molecule has 0 N–H and O–H groups in total. The van der Waals surface area contributed by atoms with Gasteiger partial charge in [-0.2, -0.15) is 0 Å². The summed E-state index contributed by atoms with van der Waals surface area (Å²) >= 11 is 0. The zero-order valence-electron chi connectivity index (χ0n) is 15.5. The highest BCUT2D eigenvalue weighted by atomic mass is 16.5. The van der Waals surface area contributed by atoms with Gasteiger partial charge in [0.15, 0.2) is 0 Å². The molecule has 0 aromatic carbocycles. The largest absolute Gasteiger partial charge is 0.461 e. The lowest BCUT2D eigenvalue weighted by atomic mass is 9.85. The fourth-order valence-electron chi connectivity index (χ4n) is 3.28. The maximum absolute atomic E-state index is 11.1. The van der Waals surface area contributed by atoms with Crippen LogP contribution in [0, 0.1) is 0 Å². The van der Waals surface area contributed by atoms with Crippen molar-refractivity contribution in [3.05, 3.63) is 0 Å². The van der Waals surface area contributed by atoms with Gasteiger partial charge in [0.05, 0.1) is 0 Å². The van der Waals surface area contributed by atoms with Crippen LogP contribution < -0.4 is 0 Å². The molecule has 0 atom stereocenters. The minimum Gasteiger partial charge on any atom is -0.461 e. The van der Waals surface area contributed by atoms with Gasteiger partial charge < -0.3 is 4.74 Å². The predicted octanol–water partition coefficient (Wildman–Crippen LogP) is 6.81. The lowest BCUT2D eigenvalue weighted by molar-refractivity contribution is -0.146. The molecular formula is C20H40O2. The van der Waals surface area contributed by atoms with Crippen molar-refractivity contribution in [1.29, 1.82) is 0 Å². The number of ether oxygens (including phenoxy) is 1. The number of unbranched alkanes of at least 4 members (excludes halogenated alkanes) is 9. The Morgan fingerprint density at radius 1 is 0.636 bits per heavy atom. The van der Waals surface area contributed by atoms with Crippen LogP contribution in [-0.2, 0) is 9.53 Å². The number of carbonyl (C=O) groups is 1. The molecule has 0 saturated carbocycles. The molecule has 0 fully saturated rings. The topological polar surface area (TPSA) is 26.3 Å². The molecule has 0 aromatic rings. The van der Waals surface area contributed by atoms with E-state index in [1.807, 2.05) is 0 Å². The van der Waals surface area contributed by atoms with Gasteiger partial charge in [0.2, 0.25) is 0 Å². The van der Waals surface area contributed by atoms with Gasteiger partial charge in [-0.1, -0.05) is 78.6 Å². The van der Waals surface area contributed by atoms with Crippen LogP contribution in [0.3, 0.4) is 0 Å². The minimum atomic E-state index is -0.170. The Bertz CT molecular complexity index is 207. The van der Waals surface area contributed by atoms with Crippen molar-refractivity contribution in [3.8, 4) is 0 Å². The van der Waals surface area contributed by atoms with Crippen LogP contribution in [0.15, 0.2) is 0 Å². The van der Waals surface area contributed by atoms with E-state index in [4.69, 9.17) is 4.74 Å². The molecule has 0 aliphatic rings. The van der Waals surface area contributed by atoms with Gasteiger partial charge in [0.1, 0.15) is 5.60 Å². The van der Waals surface area contributed by atoms with Crippen molar-refractivity contribution in [2.45, 2.75) is 123 Å². The third-order valence-corrected chi connectivity index (χ3v) is 4.76. The van der Waals surface area contributed by atoms with Gasteiger partial charge >= 0.3 is 0 Å². The Morgan fingerprint density at radius 3 is 1.27 bits per heavy atom. The highest BCUT2D eigenvalue weighted by molar-refractivity contribution is 5.38. The number of hydrogen-bond donors (Lipinski definition) is 0. The second-order valence-electron chi connectivity index (χ2n) is 6.83. The van der Waals surface area contributed by atoms with Crippen LogP contribution in [0.2, 0.25) is 0 Å². The second kappa shape index (κ2) is 15.4. The summed E-state index contributed by atoms with van der Waals surface area (Å²) in [6, 6.07) is 0. The van der Waals surface area contributed by atoms with Crippen LogP contribution in [0.5, 0.6) is 0 Å². The van der Waals surface area contributed by atoms with E-state index in [2.05, 4.69) is 20.8 Å². The summed E-state index contributed by atoms with van der Waals surface area (Å²) in [5.74, 6) is 0. The van der Waals surface area contributed by atoms with E-state index in [0.29, 0.717) is 6.47 Å². The first-order chi connectivity index (χ1) is 10.7. The molecule has 0 aliphatic heterocycles. The lowest BCUT2D eigenvalue weighted by Gasteiger charge is -2.32. The molecule has 0 radical (unpaired) electrons. The SMILES string of the molecule is CCCCCCC(CCCCCC)(CCCCCC)OC=O. The maximum atomic E-state index is 11.1. The molecule has 132 valence electrons. The summed E-state index contributed by atoms with van der Waals surface area (Å²) in [6.07, 6.45) is 18.2. The van der Waals surface area contributed by atoms with Crippen LogP contribution >= 0.6 is 0 Å². The quantitative estimate of drug-likeness (QED) is 0.218. The molecule has 0 rings (SSSR count). The van der Waals surface area contributed by atoms with Gasteiger partial charge in [-0.25, -0.2) is 0 Å². The van der Waals surface area contributed by atoms with E-state index >= 15 is 0 Å². The fraction of sp³-hybridized carbons (Fsp3) is 0.950. The first-order valence-corrected chi connectivity index (χ1v) is 9.86. The third kappa shape index (κ3) is 11.1. The molecule has 0 bridgehead atoms. The zero-order chi connectivity index (χ0) is 16.5. The molecule has 0 unspecified atom stereocenters. The van der Waals surface area contributed by atoms with Crippen molar-refractivity contribution >= 4 is 6.47 Å². The summed E-state index contributed by atoms with van der Waals surface area (Å²) in [5.41, 5.74) is -0.170. The smallest absolute Gasteiger partial charge is 0.293 e. The van der Waals surface area contributed by atoms with Crippen molar-refractivity contribution < 1.29 is 9.53 Å². The van der Waals surface area contributed by atoms with Crippen molar-refractivity contribution in [1.82, 2.24) is 0 Å². The highest BCUT2D eigenvalue weighted by Crippen LogP contribution is 2.32. The molecule has 22 heavy (non-hydrogen) atoms. The Kier molecular flexibility index (Phi) is 15.0. The summed E-state index contributed by atoms with van der Waals surface area (Å²) in [5, 5.41) is 0. The monoisotopic (exact) mass is 312 g/mol. The Balaban J connectivity index is 4.43. The molecular weight excluding hydrogens is 272 g/mol. The summed E-state index contributed by atoms with van der Waals surface area (Å²) in [6.45, 7) is 7.43. The third-order valence-electron chi connectivity index (χ3n) is 4.76. The maximum Gasteiger partial charge on any atom is 0.293 e. The zero-order valence-corrected chi connectivity index (χ0v) is 15.5. The average molecular weight is 313 g/mol. The van der Waals surface area contributed by atoms with E-state index in [1.165, 1.54) is 77.0 Å². The Morgan fingerprint density at radius 2 is 1.00 bits per heavy atom. The number of rotatable bonds is 17. The molecule has 2 nitrogen and oxygen atoms in total. The first kappa shape index (κ1) is 21.5. The molecule has 0 saturated heterocycles. The van der Waals surface area contributed by atoms with E-state index in [9.17, 15) is 4.79 Å². The normalized spacial score (nSPS) is 11.6. The van der Waals surface area contributed by atoms with Crippen LogP contribution in [0.1, 0.15) is 117 Å². The van der Waals surface area contributed by atoms with Crippen molar-refractivity contribution in [3.63, 3.8) is 0 Å². The van der Waals surface area contributed by atoms with Gasteiger partial charge in [-0.05, 0) is 38.5 Å². The van der Waals surface area contributed by atoms with E-state index < -0.39 is 0 Å². The average Bonchev–Trinajstić information content (AvgIpc) is 2.53. The first-order valence-electron chi connectivity index (χ1n) is 9.86. The van der Waals surface area contributed by atoms with Crippen LogP contribution in [0.25, 0.3) is 0 Å². The van der Waals surface area contributed by atoms with Gasteiger partial charge in [0.25, 0.3) is 6.47 Å². The second-order valence-corrected chi connectivity index (χ2v) is 6.83. The predicted molar refractivity (Wildman–Crippen MR) is 96.2 cm³/mol. The molecule has 0 heterocycles. The van der Waals surface area contributed by atoms with Gasteiger partial charge in [-0.15, -0.1) is 0 Å². The van der Waals surface area contributed by atoms with Crippen LogP contribution in [0.4, 0.5) is 0 Å². The van der Waals surface area contributed by atoms with Crippen molar-refractivity contribution in [2.24, 2.45) is 0 Å². The van der Waals surface area contributed by atoms with E-state index in [1.54, 1.807) is 0 Å². The fourth-order valence-corrected chi connectivity index (χ4v) is 3.28.